The van der Waals surface area contributed by atoms with Crippen LogP contribution >= 0.6 is 0 Å². The minimum atomic E-state index is -2.86. The van der Waals surface area contributed by atoms with Crippen LogP contribution in [0.15, 0.2) is 66.9 Å². The van der Waals surface area contributed by atoms with Gasteiger partial charge in [-0.3, -0.25) is 4.90 Å². The molecule has 0 spiro atoms. The topological polar surface area (TPSA) is 92.1 Å². The lowest BCUT2D eigenvalue weighted by molar-refractivity contribution is 0.122. The number of rotatable bonds is 6. The Morgan fingerprint density at radius 1 is 0.865 bits per heavy atom. The number of morpholine rings is 1. The van der Waals surface area contributed by atoms with E-state index >= 15 is 0 Å². The molecule has 4 heterocycles. The molecule has 192 valence electrons. The number of hydrogen-bond donors (Lipinski definition) is 1. The highest BCUT2D eigenvalue weighted by molar-refractivity contribution is 7.91. The molecule has 2 aromatic heterocycles. The number of anilines is 3. The summed E-state index contributed by atoms with van der Waals surface area (Å²) in [6.45, 7) is 5.29. The first-order valence-corrected chi connectivity index (χ1v) is 14.4. The Morgan fingerprint density at radius 3 is 2.32 bits per heavy atom. The van der Waals surface area contributed by atoms with E-state index in [0.717, 1.165) is 55.3 Å². The van der Waals surface area contributed by atoms with Crippen molar-refractivity contribution in [3.63, 3.8) is 0 Å². The molecule has 2 aromatic carbocycles. The molecular formula is C27H30N6O3S. The number of fused-ring (bicyclic) bond motifs is 1. The van der Waals surface area contributed by atoms with Crippen LogP contribution in [0.25, 0.3) is 16.8 Å². The van der Waals surface area contributed by atoms with E-state index in [0.29, 0.717) is 19.0 Å². The number of aromatic nitrogens is 3. The van der Waals surface area contributed by atoms with Crippen LogP contribution < -0.4 is 10.2 Å². The maximum absolute atomic E-state index is 11.7. The summed E-state index contributed by atoms with van der Waals surface area (Å²) in [5.41, 5.74) is 6.25. The largest absolute Gasteiger partial charge is 0.378 e. The Balaban J connectivity index is 1.15. The van der Waals surface area contributed by atoms with Crippen LogP contribution in [-0.4, -0.2) is 78.8 Å². The minimum Gasteiger partial charge on any atom is -0.378 e. The van der Waals surface area contributed by atoms with Crippen LogP contribution in [0.1, 0.15) is 5.56 Å². The molecular weight excluding hydrogens is 488 g/mol. The van der Waals surface area contributed by atoms with E-state index in [1.54, 1.807) is 0 Å². The van der Waals surface area contributed by atoms with Gasteiger partial charge in [-0.2, -0.15) is 0 Å². The van der Waals surface area contributed by atoms with Crippen LogP contribution in [-0.2, 0) is 21.1 Å². The van der Waals surface area contributed by atoms with Gasteiger partial charge in [-0.1, -0.05) is 24.3 Å². The Labute approximate surface area is 216 Å². The van der Waals surface area contributed by atoms with E-state index in [2.05, 4.69) is 62.6 Å². The third-order valence-electron chi connectivity index (χ3n) is 6.99. The van der Waals surface area contributed by atoms with Crippen molar-refractivity contribution in [1.29, 1.82) is 0 Å². The van der Waals surface area contributed by atoms with Crippen molar-refractivity contribution in [1.82, 2.24) is 19.5 Å². The summed E-state index contributed by atoms with van der Waals surface area (Å²) >= 11 is 0. The number of nitrogens with zero attached hydrogens (tertiary/aromatic N) is 5. The number of benzene rings is 2. The molecule has 0 unspecified atom stereocenters. The first kappa shape index (κ1) is 23.9. The second-order valence-corrected chi connectivity index (χ2v) is 11.8. The third kappa shape index (κ3) is 5.46. The van der Waals surface area contributed by atoms with Crippen molar-refractivity contribution in [2.45, 2.75) is 6.54 Å². The molecule has 0 bridgehead atoms. The average molecular weight is 519 g/mol. The number of nitrogens with one attached hydrogen (secondary N) is 1. The van der Waals surface area contributed by atoms with Crippen molar-refractivity contribution < 1.29 is 13.2 Å². The number of ether oxygens (including phenoxy) is 1. The Kier molecular flexibility index (Phi) is 6.54. The Hall–Kier alpha value is -3.47. The third-order valence-corrected chi connectivity index (χ3v) is 8.60. The van der Waals surface area contributed by atoms with Gasteiger partial charge in [0.2, 0.25) is 5.95 Å². The fourth-order valence-electron chi connectivity index (χ4n) is 4.83. The zero-order chi connectivity index (χ0) is 25.2. The minimum absolute atomic E-state index is 0.245. The molecule has 2 aliphatic rings. The summed E-state index contributed by atoms with van der Waals surface area (Å²) in [7, 11) is -2.86. The summed E-state index contributed by atoms with van der Waals surface area (Å²) < 4.78 is 30.7. The van der Waals surface area contributed by atoms with Gasteiger partial charge >= 0.3 is 0 Å². The predicted octanol–water partition coefficient (Wildman–Crippen LogP) is 3.21. The van der Waals surface area contributed by atoms with Crippen molar-refractivity contribution in [2.24, 2.45) is 0 Å². The van der Waals surface area contributed by atoms with Crippen molar-refractivity contribution in [3.8, 4) is 11.3 Å². The first-order valence-electron chi connectivity index (χ1n) is 12.6. The standard InChI is InChI=1S/C27H30N6O3S/c34-37(35)17-13-31(14-18-37)20-21-1-3-22(4-2-21)26-10-9-25-19-28-27(30-33(25)26)29-23-5-7-24(8-6-23)32-11-15-36-16-12-32/h1-10,19H,11-18,20H2,(H,29,30). The van der Waals surface area contributed by atoms with Gasteiger partial charge in [-0.05, 0) is 42.0 Å². The molecule has 0 atom stereocenters. The summed E-state index contributed by atoms with van der Waals surface area (Å²) in [4.78, 5) is 9.01. The maximum atomic E-state index is 11.7. The van der Waals surface area contributed by atoms with E-state index in [4.69, 9.17) is 9.84 Å². The molecule has 4 aromatic rings. The Bertz CT molecular complexity index is 1470. The average Bonchev–Trinajstić information content (AvgIpc) is 3.35. The molecule has 0 amide bonds. The number of hydrogen-bond acceptors (Lipinski definition) is 8. The molecule has 10 heteroatoms. The summed E-state index contributed by atoms with van der Waals surface area (Å²) in [5.74, 6) is 1.02. The van der Waals surface area contributed by atoms with E-state index in [-0.39, 0.29) is 11.5 Å². The van der Waals surface area contributed by atoms with Gasteiger partial charge in [0.15, 0.2) is 9.84 Å². The quantitative estimate of drug-likeness (QED) is 0.416. The van der Waals surface area contributed by atoms with E-state index in [1.807, 2.05) is 28.9 Å². The molecule has 2 saturated heterocycles. The van der Waals surface area contributed by atoms with E-state index in [1.165, 1.54) is 11.3 Å². The molecule has 0 aliphatic carbocycles. The lowest BCUT2D eigenvalue weighted by Crippen LogP contribution is -2.39. The van der Waals surface area contributed by atoms with Gasteiger partial charge in [0.25, 0.3) is 0 Å². The highest BCUT2D eigenvalue weighted by Crippen LogP contribution is 2.25. The zero-order valence-corrected chi connectivity index (χ0v) is 21.4. The van der Waals surface area contributed by atoms with Gasteiger partial charge in [-0.15, -0.1) is 5.10 Å². The first-order chi connectivity index (χ1) is 18.0. The normalized spacial score (nSPS) is 18.2. The Morgan fingerprint density at radius 2 is 1.59 bits per heavy atom. The molecule has 9 nitrogen and oxygen atoms in total. The monoisotopic (exact) mass is 518 g/mol. The van der Waals surface area contributed by atoms with Gasteiger partial charge < -0.3 is 15.0 Å². The molecule has 0 saturated carbocycles. The molecule has 2 fully saturated rings. The maximum Gasteiger partial charge on any atom is 0.245 e. The van der Waals surface area contributed by atoms with Crippen molar-refractivity contribution in [3.05, 3.63) is 72.4 Å². The lowest BCUT2D eigenvalue weighted by Gasteiger charge is -2.28. The van der Waals surface area contributed by atoms with E-state index < -0.39 is 9.84 Å². The van der Waals surface area contributed by atoms with Crippen LogP contribution in [0.2, 0.25) is 0 Å². The zero-order valence-electron chi connectivity index (χ0n) is 20.6. The molecule has 1 N–H and O–H groups in total. The molecule has 37 heavy (non-hydrogen) atoms. The van der Waals surface area contributed by atoms with Gasteiger partial charge in [-0.25, -0.2) is 17.9 Å². The SMILES string of the molecule is O=S1(=O)CCN(Cc2ccc(-c3ccc4cnc(Nc5ccc(N6CCOCC6)cc5)nn34)cc2)CC1. The summed E-state index contributed by atoms with van der Waals surface area (Å²) in [6.07, 6.45) is 1.82. The fraction of sp³-hybridized carbons (Fsp3) is 0.333. The molecule has 2 aliphatic heterocycles. The van der Waals surface area contributed by atoms with Crippen LogP contribution in [0, 0.1) is 0 Å². The lowest BCUT2D eigenvalue weighted by atomic mass is 10.1. The highest BCUT2D eigenvalue weighted by Gasteiger charge is 2.21. The van der Waals surface area contributed by atoms with Crippen molar-refractivity contribution in [2.75, 3.05) is 61.1 Å². The van der Waals surface area contributed by atoms with Gasteiger partial charge in [0, 0.05) is 49.7 Å². The molecule has 0 radical (unpaired) electrons. The van der Waals surface area contributed by atoms with E-state index in [9.17, 15) is 8.42 Å². The van der Waals surface area contributed by atoms with Crippen LogP contribution in [0.5, 0.6) is 0 Å². The second-order valence-electron chi connectivity index (χ2n) is 9.53. The van der Waals surface area contributed by atoms with Gasteiger partial charge in [0.05, 0.1) is 42.1 Å². The van der Waals surface area contributed by atoms with Gasteiger partial charge in [0.1, 0.15) is 0 Å². The molecule has 6 rings (SSSR count). The summed E-state index contributed by atoms with van der Waals surface area (Å²) in [5, 5.41) is 8.07. The fourth-order valence-corrected chi connectivity index (χ4v) is 6.11. The number of sulfone groups is 1. The van der Waals surface area contributed by atoms with Crippen LogP contribution in [0.4, 0.5) is 17.3 Å². The highest BCUT2D eigenvalue weighted by atomic mass is 32.2. The smallest absolute Gasteiger partial charge is 0.245 e. The van der Waals surface area contributed by atoms with Crippen LogP contribution in [0.3, 0.4) is 0 Å². The summed E-state index contributed by atoms with van der Waals surface area (Å²) in [6, 6.07) is 20.8. The predicted molar refractivity (Wildman–Crippen MR) is 145 cm³/mol. The second kappa shape index (κ2) is 10.1. The van der Waals surface area contributed by atoms with Crippen molar-refractivity contribution >= 4 is 32.7 Å².